The van der Waals surface area contributed by atoms with Gasteiger partial charge in [-0.3, -0.25) is 12.8 Å². The maximum atomic E-state index is 11.3. The molecule has 11 heteroatoms. The Morgan fingerprint density at radius 3 is 0.905 bits per heavy atom. The van der Waals surface area contributed by atoms with Crippen LogP contribution in [0, 0.1) is 12.8 Å². The van der Waals surface area contributed by atoms with Gasteiger partial charge in [0.1, 0.15) is 11.6 Å². The molecular formula is C10H8CoF6O4. The first kappa shape index (κ1) is 24.5. The van der Waals surface area contributed by atoms with Crippen molar-refractivity contribution in [1.82, 2.24) is 0 Å². The number of ketones is 4. The van der Waals surface area contributed by atoms with Crippen LogP contribution in [0.15, 0.2) is 0 Å². The molecule has 0 aliphatic heterocycles. The molecule has 123 valence electrons. The largest absolute Gasteiger partial charge is 2.00 e. The molecule has 0 saturated carbocycles. The van der Waals surface area contributed by atoms with E-state index >= 15 is 0 Å². The van der Waals surface area contributed by atoms with Crippen LogP contribution >= 0.6 is 0 Å². The average Bonchev–Trinajstić information content (AvgIpc) is 2.13. The molecule has 1 radical (unpaired) electrons. The van der Waals surface area contributed by atoms with Crippen molar-refractivity contribution in [3.63, 3.8) is 0 Å². The molecule has 0 aliphatic rings. The fourth-order valence-corrected chi connectivity index (χ4v) is 0.533. The predicted octanol–water partition coefficient (Wildman–Crippen LogP) is 1.82. The van der Waals surface area contributed by atoms with Crippen LogP contribution in [0.25, 0.3) is 0 Å². The Labute approximate surface area is 125 Å². The monoisotopic (exact) mass is 365 g/mol. The van der Waals surface area contributed by atoms with Crippen molar-refractivity contribution < 1.29 is 62.3 Å². The second kappa shape index (κ2) is 9.44. The Morgan fingerprint density at radius 2 is 0.857 bits per heavy atom. The Kier molecular flexibility index (Phi) is 11.0. The molecule has 0 bridgehead atoms. The van der Waals surface area contributed by atoms with E-state index in [0.29, 0.717) is 0 Å². The van der Waals surface area contributed by atoms with Gasteiger partial charge in [-0.05, 0) is 13.8 Å². The molecule has 0 aromatic heterocycles. The summed E-state index contributed by atoms with van der Waals surface area (Å²) < 4.78 is 67.7. The Hall–Kier alpha value is -1.49. The molecule has 0 aromatic rings. The first-order valence-corrected chi connectivity index (χ1v) is 4.61. The van der Waals surface area contributed by atoms with E-state index in [1.165, 1.54) is 0 Å². The summed E-state index contributed by atoms with van der Waals surface area (Å²) >= 11 is 0. The van der Waals surface area contributed by atoms with Crippen LogP contribution in [0.3, 0.4) is 0 Å². The van der Waals surface area contributed by atoms with Crippen LogP contribution in [-0.2, 0) is 36.0 Å². The summed E-state index contributed by atoms with van der Waals surface area (Å²) in [5.41, 5.74) is 0. The number of halogens is 6. The van der Waals surface area contributed by atoms with Crippen molar-refractivity contribution in [3.05, 3.63) is 12.8 Å². The minimum Gasteiger partial charge on any atom is -0.334 e. The summed E-state index contributed by atoms with van der Waals surface area (Å²) in [7, 11) is 0. The maximum absolute atomic E-state index is 11.3. The average molecular weight is 365 g/mol. The van der Waals surface area contributed by atoms with Gasteiger partial charge in [-0.15, -0.1) is 0 Å². The third-order valence-electron chi connectivity index (χ3n) is 1.23. The van der Waals surface area contributed by atoms with Gasteiger partial charge in [0.2, 0.25) is 0 Å². The summed E-state index contributed by atoms with van der Waals surface area (Å²) in [5, 5.41) is 0. The topological polar surface area (TPSA) is 68.3 Å². The molecule has 0 rings (SSSR count). The van der Waals surface area contributed by atoms with E-state index in [4.69, 9.17) is 0 Å². The summed E-state index contributed by atoms with van der Waals surface area (Å²) in [6, 6.07) is 0. The normalized spacial score (nSPS) is 10.3. The molecule has 0 aliphatic carbocycles. The summed E-state index contributed by atoms with van der Waals surface area (Å²) in [6.07, 6.45) is -9.82. The van der Waals surface area contributed by atoms with Crippen molar-refractivity contribution in [3.8, 4) is 0 Å². The Balaban J connectivity index is -0.000000295. The SMILES string of the molecule is CC(=O)[CH-]C(=O)C(F)(F)F.CC(=O)[CH-]C(=O)C(F)(F)F.[Co+2]. The molecule has 0 amide bonds. The molecule has 0 saturated heterocycles. The third-order valence-corrected chi connectivity index (χ3v) is 1.23. The van der Waals surface area contributed by atoms with E-state index in [9.17, 15) is 45.5 Å². The fraction of sp³-hybridized carbons (Fsp3) is 0.400. The van der Waals surface area contributed by atoms with Crippen molar-refractivity contribution in [1.29, 1.82) is 0 Å². The zero-order valence-electron chi connectivity index (χ0n) is 10.4. The van der Waals surface area contributed by atoms with Crippen LogP contribution < -0.4 is 0 Å². The molecular weight excluding hydrogens is 357 g/mol. The van der Waals surface area contributed by atoms with Crippen LogP contribution in [0.2, 0.25) is 0 Å². The molecule has 0 heterocycles. The van der Waals surface area contributed by atoms with Crippen molar-refractivity contribution >= 4 is 23.1 Å². The van der Waals surface area contributed by atoms with E-state index in [0.717, 1.165) is 13.8 Å². The van der Waals surface area contributed by atoms with Gasteiger partial charge < -0.3 is 19.2 Å². The molecule has 0 fully saturated rings. The van der Waals surface area contributed by atoms with Gasteiger partial charge in [-0.1, -0.05) is 0 Å². The minimum absolute atomic E-state index is 0. The van der Waals surface area contributed by atoms with Gasteiger partial charge in [0.05, 0.1) is 0 Å². The van der Waals surface area contributed by atoms with Gasteiger partial charge in [0.25, 0.3) is 0 Å². The zero-order chi connectivity index (χ0) is 16.7. The second-order valence-corrected chi connectivity index (χ2v) is 3.23. The summed E-state index contributed by atoms with van der Waals surface area (Å²) in [4.78, 5) is 39.6. The molecule has 0 N–H and O–H groups in total. The van der Waals surface area contributed by atoms with Crippen molar-refractivity contribution in [2.45, 2.75) is 26.2 Å². The van der Waals surface area contributed by atoms with E-state index in [-0.39, 0.29) is 29.6 Å². The second-order valence-electron chi connectivity index (χ2n) is 3.23. The minimum atomic E-state index is -4.92. The number of carbonyl (C=O) groups excluding carboxylic acids is 4. The molecule has 21 heavy (non-hydrogen) atoms. The summed E-state index contributed by atoms with van der Waals surface area (Å²) in [6.45, 7) is 1.76. The van der Waals surface area contributed by atoms with Gasteiger partial charge in [0, 0.05) is 11.6 Å². The molecule has 0 aromatic carbocycles. The Bertz CT molecular complexity index is 361. The first-order chi connectivity index (χ1) is 8.67. The van der Waals surface area contributed by atoms with Gasteiger partial charge in [-0.2, -0.15) is 26.3 Å². The number of Topliss-reactive ketones (excluding diaryl/α,β-unsaturated/α-hetero) is 4. The molecule has 0 spiro atoms. The number of carbonyl (C=O) groups is 4. The molecule has 4 nitrogen and oxygen atoms in total. The van der Waals surface area contributed by atoms with Crippen LogP contribution in [-0.4, -0.2) is 35.5 Å². The van der Waals surface area contributed by atoms with E-state index in [1.807, 2.05) is 0 Å². The number of rotatable bonds is 4. The van der Waals surface area contributed by atoms with Crippen LogP contribution in [0.5, 0.6) is 0 Å². The smallest absolute Gasteiger partial charge is 0.334 e. The standard InChI is InChI=1S/2C5H4F3O2.Co/c2*1-3(9)2-4(10)5(6,7)8;/h2*2H,1H3;/q2*-1;+2. The number of hydrogen-bond donors (Lipinski definition) is 0. The van der Waals surface area contributed by atoms with Gasteiger partial charge in [-0.25, -0.2) is 0 Å². The van der Waals surface area contributed by atoms with Crippen LogP contribution in [0.1, 0.15) is 13.8 Å². The van der Waals surface area contributed by atoms with E-state index in [2.05, 4.69) is 0 Å². The quantitative estimate of drug-likeness (QED) is 0.433. The number of alkyl halides is 6. The Morgan fingerprint density at radius 1 is 0.667 bits per heavy atom. The van der Waals surface area contributed by atoms with Crippen molar-refractivity contribution in [2.24, 2.45) is 0 Å². The number of hydrogen-bond acceptors (Lipinski definition) is 4. The summed E-state index contributed by atoms with van der Waals surface area (Å²) in [5.74, 6) is -6.02. The zero-order valence-corrected chi connectivity index (χ0v) is 11.4. The van der Waals surface area contributed by atoms with Crippen LogP contribution in [0.4, 0.5) is 26.3 Å². The van der Waals surface area contributed by atoms with E-state index < -0.39 is 35.5 Å². The van der Waals surface area contributed by atoms with Gasteiger partial charge >= 0.3 is 29.1 Å². The van der Waals surface area contributed by atoms with Crippen molar-refractivity contribution in [2.75, 3.05) is 0 Å². The van der Waals surface area contributed by atoms with E-state index in [1.54, 1.807) is 0 Å². The predicted molar refractivity (Wildman–Crippen MR) is 52.1 cm³/mol. The molecule has 0 atom stereocenters. The third kappa shape index (κ3) is 14.7. The first-order valence-electron chi connectivity index (χ1n) is 4.61. The maximum Gasteiger partial charge on any atom is 2.00 e. The van der Waals surface area contributed by atoms with Gasteiger partial charge in [0.15, 0.2) is 0 Å². The molecule has 0 unspecified atom stereocenters. The fourth-order valence-electron chi connectivity index (χ4n) is 0.533.